The number of hydrogen-bond acceptors (Lipinski definition) is 2. The van der Waals surface area contributed by atoms with Crippen LogP contribution in [0, 0.1) is 0 Å². The van der Waals surface area contributed by atoms with Crippen LogP contribution in [-0.2, 0) is 0 Å². The molecule has 4 nitrogen and oxygen atoms in total. The first-order valence-corrected chi connectivity index (χ1v) is 9.42. The molecule has 0 saturated heterocycles. The fraction of sp³-hybridized carbons (Fsp3) is 0.0909. The summed E-state index contributed by atoms with van der Waals surface area (Å²) in [7, 11) is 0. The first-order chi connectivity index (χ1) is 13.4. The molecule has 0 fully saturated rings. The summed E-state index contributed by atoms with van der Waals surface area (Å²) in [5.41, 5.74) is 2.26. The monoisotopic (exact) mass is 412 g/mol. The van der Waals surface area contributed by atoms with Gasteiger partial charge in [0.05, 0.1) is 16.6 Å². The van der Waals surface area contributed by atoms with E-state index in [1.54, 1.807) is 36.4 Å². The molecule has 1 unspecified atom stereocenters. The predicted octanol–water partition coefficient (Wildman–Crippen LogP) is 5.74. The molecule has 1 atom stereocenters. The molecule has 0 radical (unpaired) electrons. The van der Waals surface area contributed by atoms with Gasteiger partial charge in [-0.1, -0.05) is 59.6 Å². The van der Waals surface area contributed by atoms with E-state index in [0.29, 0.717) is 21.8 Å². The molecular weight excluding hydrogens is 395 g/mol. The van der Waals surface area contributed by atoms with Gasteiger partial charge in [0.1, 0.15) is 0 Å². The zero-order valence-electron chi connectivity index (χ0n) is 15.1. The molecule has 0 aliphatic carbocycles. The van der Waals surface area contributed by atoms with E-state index in [1.807, 2.05) is 37.3 Å². The summed E-state index contributed by atoms with van der Waals surface area (Å²) in [5, 5.41) is 6.42. The lowest BCUT2D eigenvalue weighted by atomic mass is 10.1. The smallest absolute Gasteiger partial charge is 0.257 e. The molecule has 142 valence electrons. The average Bonchev–Trinajstić information content (AvgIpc) is 2.68. The molecular formula is C22H18Cl2N2O2. The van der Waals surface area contributed by atoms with E-state index in [1.165, 1.54) is 6.07 Å². The van der Waals surface area contributed by atoms with E-state index in [9.17, 15) is 9.59 Å². The van der Waals surface area contributed by atoms with E-state index in [-0.39, 0.29) is 22.9 Å². The van der Waals surface area contributed by atoms with Crippen LogP contribution in [0.25, 0.3) is 0 Å². The summed E-state index contributed by atoms with van der Waals surface area (Å²) in [6, 6.07) is 20.9. The minimum Gasteiger partial charge on any atom is -0.346 e. The number of hydrogen-bond donors (Lipinski definition) is 2. The van der Waals surface area contributed by atoms with Crippen molar-refractivity contribution in [2.75, 3.05) is 5.32 Å². The zero-order valence-corrected chi connectivity index (χ0v) is 16.6. The third kappa shape index (κ3) is 4.91. The summed E-state index contributed by atoms with van der Waals surface area (Å²) >= 11 is 11.9. The zero-order chi connectivity index (χ0) is 20.1. The highest BCUT2D eigenvalue weighted by Gasteiger charge is 2.14. The van der Waals surface area contributed by atoms with Crippen LogP contribution in [0.2, 0.25) is 10.0 Å². The lowest BCUT2D eigenvalue weighted by Gasteiger charge is -2.15. The fourth-order valence-corrected chi connectivity index (χ4v) is 3.21. The van der Waals surface area contributed by atoms with Gasteiger partial charge < -0.3 is 10.6 Å². The maximum Gasteiger partial charge on any atom is 0.257 e. The number of carbonyl (C=O) groups is 2. The topological polar surface area (TPSA) is 58.2 Å². The molecule has 0 aliphatic rings. The molecule has 3 aromatic rings. The van der Waals surface area contributed by atoms with Gasteiger partial charge in [0.25, 0.3) is 11.8 Å². The molecule has 2 N–H and O–H groups in total. The molecule has 0 aliphatic heterocycles. The van der Waals surface area contributed by atoms with Gasteiger partial charge in [0.2, 0.25) is 0 Å². The lowest BCUT2D eigenvalue weighted by Crippen LogP contribution is -2.26. The van der Waals surface area contributed by atoms with Crippen molar-refractivity contribution < 1.29 is 9.59 Å². The maximum atomic E-state index is 12.6. The summed E-state index contributed by atoms with van der Waals surface area (Å²) in [6.45, 7) is 1.92. The van der Waals surface area contributed by atoms with Crippen LogP contribution in [0.5, 0.6) is 0 Å². The molecule has 0 saturated carbocycles. The highest BCUT2D eigenvalue weighted by Crippen LogP contribution is 2.22. The molecule has 0 bridgehead atoms. The number of nitrogens with one attached hydrogen (secondary N) is 2. The summed E-state index contributed by atoms with van der Waals surface area (Å²) in [4.78, 5) is 25.0. The molecule has 3 aromatic carbocycles. The SMILES string of the molecule is CC(NC(=O)c1cccc(NC(=O)c2ccc(Cl)cc2Cl)c1)c1ccccc1. The van der Waals surface area contributed by atoms with Crippen LogP contribution in [0.4, 0.5) is 5.69 Å². The Hall–Kier alpha value is -2.82. The molecule has 0 spiro atoms. The van der Waals surface area contributed by atoms with Crippen molar-refractivity contribution in [1.82, 2.24) is 5.32 Å². The van der Waals surface area contributed by atoms with Crippen molar-refractivity contribution in [3.05, 3.63) is 99.5 Å². The summed E-state index contributed by atoms with van der Waals surface area (Å²) in [5.74, 6) is -0.603. The van der Waals surface area contributed by atoms with Gasteiger partial charge in [-0.05, 0) is 48.9 Å². The number of halogens is 2. The Balaban J connectivity index is 1.71. The van der Waals surface area contributed by atoms with Crippen LogP contribution in [0.15, 0.2) is 72.8 Å². The second-order valence-corrected chi connectivity index (χ2v) is 7.11. The number of anilines is 1. The van der Waals surface area contributed by atoms with Gasteiger partial charge in [-0.15, -0.1) is 0 Å². The Bertz CT molecular complexity index is 1010. The number of carbonyl (C=O) groups excluding carboxylic acids is 2. The van der Waals surface area contributed by atoms with E-state index in [0.717, 1.165) is 5.56 Å². The predicted molar refractivity (Wildman–Crippen MR) is 113 cm³/mol. The van der Waals surface area contributed by atoms with E-state index in [2.05, 4.69) is 10.6 Å². The van der Waals surface area contributed by atoms with Crippen molar-refractivity contribution in [3.8, 4) is 0 Å². The Morgan fingerprint density at radius 2 is 1.61 bits per heavy atom. The lowest BCUT2D eigenvalue weighted by molar-refractivity contribution is 0.0938. The van der Waals surface area contributed by atoms with Gasteiger partial charge >= 0.3 is 0 Å². The molecule has 3 rings (SSSR count). The Morgan fingerprint density at radius 1 is 0.857 bits per heavy atom. The number of rotatable bonds is 5. The Kier molecular flexibility index (Phi) is 6.34. The fourth-order valence-electron chi connectivity index (χ4n) is 2.72. The second-order valence-electron chi connectivity index (χ2n) is 6.26. The van der Waals surface area contributed by atoms with Crippen molar-refractivity contribution >= 4 is 40.7 Å². The van der Waals surface area contributed by atoms with Crippen LogP contribution in [-0.4, -0.2) is 11.8 Å². The summed E-state index contributed by atoms with van der Waals surface area (Å²) in [6.07, 6.45) is 0. The molecule has 2 amide bonds. The first-order valence-electron chi connectivity index (χ1n) is 8.66. The third-order valence-electron chi connectivity index (χ3n) is 4.21. The Morgan fingerprint density at radius 3 is 2.32 bits per heavy atom. The summed E-state index contributed by atoms with van der Waals surface area (Å²) < 4.78 is 0. The second kappa shape index (κ2) is 8.91. The van der Waals surface area contributed by atoms with Crippen molar-refractivity contribution in [1.29, 1.82) is 0 Å². The molecule has 28 heavy (non-hydrogen) atoms. The van der Waals surface area contributed by atoms with Gasteiger partial charge in [0, 0.05) is 16.3 Å². The number of amides is 2. The van der Waals surface area contributed by atoms with Crippen molar-refractivity contribution in [3.63, 3.8) is 0 Å². The molecule has 6 heteroatoms. The minimum atomic E-state index is -0.378. The Labute approximate surface area is 173 Å². The van der Waals surface area contributed by atoms with Crippen molar-refractivity contribution in [2.24, 2.45) is 0 Å². The van der Waals surface area contributed by atoms with Crippen LogP contribution in [0.1, 0.15) is 39.2 Å². The average molecular weight is 413 g/mol. The normalized spacial score (nSPS) is 11.5. The van der Waals surface area contributed by atoms with Crippen LogP contribution >= 0.6 is 23.2 Å². The largest absolute Gasteiger partial charge is 0.346 e. The van der Waals surface area contributed by atoms with Crippen LogP contribution < -0.4 is 10.6 Å². The van der Waals surface area contributed by atoms with Gasteiger partial charge in [-0.2, -0.15) is 0 Å². The van der Waals surface area contributed by atoms with Gasteiger partial charge in [-0.25, -0.2) is 0 Å². The highest BCUT2D eigenvalue weighted by molar-refractivity contribution is 6.37. The van der Waals surface area contributed by atoms with E-state index < -0.39 is 0 Å². The number of benzene rings is 3. The molecule has 0 aromatic heterocycles. The van der Waals surface area contributed by atoms with Crippen LogP contribution in [0.3, 0.4) is 0 Å². The van der Waals surface area contributed by atoms with E-state index in [4.69, 9.17) is 23.2 Å². The third-order valence-corrected chi connectivity index (χ3v) is 4.75. The maximum absolute atomic E-state index is 12.6. The quantitative estimate of drug-likeness (QED) is 0.561. The van der Waals surface area contributed by atoms with E-state index >= 15 is 0 Å². The van der Waals surface area contributed by atoms with Gasteiger partial charge in [-0.3, -0.25) is 9.59 Å². The minimum absolute atomic E-state index is 0.139. The standard InChI is InChI=1S/C22H18Cl2N2O2/c1-14(15-6-3-2-4-7-15)25-21(27)16-8-5-9-18(12-16)26-22(28)19-11-10-17(23)13-20(19)24/h2-14H,1H3,(H,25,27)(H,26,28). The molecule has 0 heterocycles. The first kappa shape index (κ1) is 19.9. The van der Waals surface area contributed by atoms with Gasteiger partial charge in [0.15, 0.2) is 0 Å². The van der Waals surface area contributed by atoms with Crippen molar-refractivity contribution in [2.45, 2.75) is 13.0 Å². The highest BCUT2D eigenvalue weighted by atomic mass is 35.5.